The molecule has 4 nitrogen and oxygen atoms in total. The van der Waals surface area contributed by atoms with Gasteiger partial charge in [0, 0.05) is 37.7 Å². The Bertz CT molecular complexity index is 582. The van der Waals surface area contributed by atoms with Gasteiger partial charge >= 0.3 is 0 Å². The second kappa shape index (κ2) is 5.60. The van der Waals surface area contributed by atoms with Crippen molar-refractivity contribution in [1.29, 1.82) is 0 Å². The number of hydrogen-bond acceptors (Lipinski definition) is 3. The minimum Gasteiger partial charge on any atom is -0.337 e. The summed E-state index contributed by atoms with van der Waals surface area (Å²) in [5.41, 5.74) is 3.17. The molecule has 2 heterocycles. The van der Waals surface area contributed by atoms with Crippen molar-refractivity contribution in [2.45, 2.75) is 32.7 Å². The first-order valence-corrected chi connectivity index (χ1v) is 7.67. The summed E-state index contributed by atoms with van der Waals surface area (Å²) in [5, 5.41) is 0. The summed E-state index contributed by atoms with van der Waals surface area (Å²) < 4.78 is 0. The number of ketones is 1. The average Bonchev–Trinajstić information content (AvgIpc) is 2.83. The Morgan fingerprint density at radius 1 is 1.24 bits per heavy atom. The van der Waals surface area contributed by atoms with Crippen molar-refractivity contribution < 1.29 is 9.59 Å². The number of benzene rings is 1. The lowest BCUT2D eigenvalue weighted by atomic mass is 10.0. The summed E-state index contributed by atoms with van der Waals surface area (Å²) >= 11 is 0. The summed E-state index contributed by atoms with van der Waals surface area (Å²) in [6, 6.07) is 6.22. The van der Waals surface area contributed by atoms with Gasteiger partial charge in [-0.3, -0.25) is 14.5 Å². The first-order valence-electron chi connectivity index (χ1n) is 7.67. The van der Waals surface area contributed by atoms with Gasteiger partial charge in [-0.1, -0.05) is 12.1 Å². The van der Waals surface area contributed by atoms with Crippen molar-refractivity contribution in [2.24, 2.45) is 0 Å². The molecule has 2 aliphatic rings. The molecule has 3 rings (SSSR count). The average molecular weight is 286 g/mol. The number of hydrogen-bond donors (Lipinski definition) is 0. The van der Waals surface area contributed by atoms with E-state index >= 15 is 0 Å². The van der Waals surface area contributed by atoms with Gasteiger partial charge in [-0.25, -0.2) is 0 Å². The minimum absolute atomic E-state index is 0.177. The fourth-order valence-corrected chi connectivity index (χ4v) is 3.28. The van der Waals surface area contributed by atoms with E-state index < -0.39 is 0 Å². The second-order valence-corrected chi connectivity index (χ2v) is 6.24. The number of fused-ring (bicyclic) bond motifs is 1. The molecule has 4 heteroatoms. The van der Waals surface area contributed by atoms with Crippen molar-refractivity contribution in [3.05, 3.63) is 34.9 Å². The van der Waals surface area contributed by atoms with Crippen LogP contribution in [0.15, 0.2) is 18.2 Å². The van der Waals surface area contributed by atoms with E-state index in [0.717, 1.165) is 37.2 Å². The van der Waals surface area contributed by atoms with Crippen LogP contribution in [-0.2, 0) is 4.79 Å². The molecule has 1 atom stereocenters. The minimum atomic E-state index is 0.177. The molecule has 1 amide bonds. The van der Waals surface area contributed by atoms with E-state index in [4.69, 9.17) is 0 Å². The first kappa shape index (κ1) is 14.3. The van der Waals surface area contributed by atoms with E-state index in [9.17, 15) is 9.59 Å². The predicted molar refractivity (Wildman–Crippen MR) is 81.4 cm³/mol. The lowest BCUT2D eigenvalue weighted by Crippen LogP contribution is -2.52. The second-order valence-electron chi connectivity index (χ2n) is 6.24. The zero-order chi connectivity index (χ0) is 15.0. The van der Waals surface area contributed by atoms with E-state index in [1.165, 1.54) is 5.56 Å². The van der Waals surface area contributed by atoms with Crippen molar-refractivity contribution in [3.8, 4) is 0 Å². The van der Waals surface area contributed by atoms with Gasteiger partial charge < -0.3 is 4.90 Å². The highest BCUT2D eigenvalue weighted by Gasteiger charge is 2.35. The van der Waals surface area contributed by atoms with E-state index in [2.05, 4.69) is 11.8 Å². The molecular formula is C17H22N2O2. The van der Waals surface area contributed by atoms with E-state index in [-0.39, 0.29) is 11.7 Å². The van der Waals surface area contributed by atoms with Crippen LogP contribution in [0.4, 0.5) is 0 Å². The van der Waals surface area contributed by atoms with Crippen LogP contribution >= 0.6 is 0 Å². The molecule has 2 saturated heterocycles. The van der Waals surface area contributed by atoms with Gasteiger partial charge in [0.1, 0.15) is 0 Å². The first-order chi connectivity index (χ1) is 10.0. The lowest BCUT2D eigenvalue weighted by molar-refractivity contribution is -0.130. The van der Waals surface area contributed by atoms with Crippen LogP contribution in [0.2, 0.25) is 0 Å². The van der Waals surface area contributed by atoms with E-state index in [1.807, 2.05) is 30.0 Å². The molecule has 2 aliphatic heterocycles. The Hall–Kier alpha value is -1.68. The molecule has 2 fully saturated rings. The monoisotopic (exact) mass is 286 g/mol. The summed E-state index contributed by atoms with van der Waals surface area (Å²) in [5.74, 6) is 0.455. The summed E-state index contributed by atoms with van der Waals surface area (Å²) in [4.78, 5) is 28.3. The fourth-order valence-electron chi connectivity index (χ4n) is 3.28. The van der Waals surface area contributed by atoms with Crippen LogP contribution < -0.4 is 0 Å². The topological polar surface area (TPSA) is 40.6 Å². The SMILES string of the molecule is Cc1ccc(C(=O)CN2CCN3C(=O)CCC3C2)cc1C. The Morgan fingerprint density at radius 3 is 2.81 bits per heavy atom. The smallest absolute Gasteiger partial charge is 0.222 e. The van der Waals surface area contributed by atoms with Crippen molar-refractivity contribution in [1.82, 2.24) is 9.80 Å². The van der Waals surface area contributed by atoms with Crippen LogP contribution in [0.25, 0.3) is 0 Å². The summed E-state index contributed by atoms with van der Waals surface area (Å²) in [6.45, 7) is 6.96. The third-order valence-electron chi connectivity index (χ3n) is 4.77. The van der Waals surface area contributed by atoms with Crippen LogP contribution in [0.1, 0.15) is 34.3 Å². The maximum atomic E-state index is 12.4. The van der Waals surface area contributed by atoms with Crippen molar-refractivity contribution in [2.75, 3.05) is 26.2 Å². The molecule has 1 aromatic rings. The number of nitrogens with zero attached hydrogens (tertiary/aromatic N) is 2. The third-order valence-corrected chi connectivity index (χ3v) is 4.77. The molecule has 0 aromatic heterocycles. The molecule has 0 aliphatic carbocycles. The molecule has 0 radical (unpaired) electrons. The van der Waals surface area contributed by atoms with Gasteiger partial charge in [0.05, 0.1) is 6.54 Å². The highest BCUT2D eigenvalue weighted by atomic mass is 16.2. The standard InChI is InChI=1S/C17H22N2O2/c1-12-3-4-14(9-13(12)2)16(20)11-18-7-8-19-15(10-18)5-6-17(19)21/h3-4,9,15H,5-8,10-11H2,1-2H3. The van der Waals surface area contributed by atoms with Crippen LogP contribution in [0.3, 0.4) is 0 Å². The molecule has 21 heavy (non-hydrogen) atoms. The lowest BCUT2D eigenvalue weighted by Gasteiger charge is -2.37. The van der Waals surface area contributed by atoms with Crippen LogP contribution in [-0.4, -0.2) is 53.7 Å². The van der Waals surface area contributed by atoms with Gasteiger partial charge in [-0.05, 0) is 37.5 Å². The highest BCUT2D eigenvalue weighted by molar-refractivity contribution is 5.97. The number of rotatable bonds is 3. The largest absolute Gasteiger partial charge is 0.337 e. The Labute approximate surface area is 125 Å². The van der Waals surface area contributed by atoms with Gasteiger partial charge in [-0.15, -0.1) is 0 Å². The van der Waals surface area contributed by atoms with E-state index in [1.54, 1.807) is 0 Å². The summed E-state index contributed by atoms with van der Waals surface area (Å²) in [7, 11) is 0. The normalized spacial score (nSPS) is 22.5. The third kappa shape index (κ3) is 2.86. The zero-order valence-corrected chi connectivity index (χ0v) is 12.8. The zero-order valence-electron chi connectivity index (χ0n) is 12.8. The fraction of sp³-hybridized carbons (Fsp3) is 0.529. The number of piperazine rings is 1. The predicted octanol–water partition coefficient (Wildman–Crippen LogP) is 1.79. The Kier molecular flexibility index (Phi) is 3.81. The number of aryl methyl sites for hydroxylation is 2. The maximum Gasteiger partial charge on any atom is 0.222 e. The number of carbonyl (C=O) groups excluding carboxylic acids is 2. The molecule has 0 saturated carbocycles. The molecule has 1 unspecified atom stereocenters. The molecule has 0 bridgehead atoms. The number of Topliss-reactive ketones (excluding diaryl/α,β-unsaturated/α-hetero) is 1. The molecule has 0 N–H and O–H groups in total. The quantitative estimate of drug-likeness (QED) is 0.796. The van der Waals surface area contributed by atoms with Gasteiger partial charge in [0.2, 0.25) is 5.91 Å². The van der Waals surface area contributed by atoms with Gasteiger partial charge in [-0.2, -0.15) is 0 Å². The maximum absolute atomic E-state index is 12.4. The Morgan fingerprint density at radius 2 is 2.05 bits per heavy atom. The molecule has 1 aromatic carbocycles. The summed E-state index contributed by atoms with van der Waals surface area (Å²) in [6.07, 6.45) is 1.61. The van der Waals surface area contributed by atoms with Gasteiger partial charge in [0.25, 0.3) is 0 Å². The number of carbonyl (C=O) groups is 2. The van der Waals surface area contributed by atoms with Crippen LogP contribution in [0.5, 0.6) is 0 Å². The van der Waals surface area contributed by atoms with Crippen molar-refractivity contribution >= 4 is 11.7 Å². The van der Waals surface area contributed by atoms with Crippen LogP contribution in [0, 0.1) is 13.8 Å². The van der Waals surface area contributed by atoms with Crippen molar-refractivity contribution in [3.63, 3.8) is 0 Å². The molecule has 0 spiro atoms. The Balaban J connectivity index is 1.63. The number of amides is 1. The molecular weight excluding hydrogens is 264 g/mol. The van der Waals surface area contributed by atoms with E-state index in [0.29, 0.717) is 19.0 Å². The van der Waals surface area contributed by atoms with Gasteiger partial charge in [0.15, 0.2) is 5.78 Å². The molecule has 112 valence electrons. The highest BCUT2D eigenvalue weighted by Crippen LogP contribution is 2.23.